The SMILES string of the molecule is COc1ccccc1OCc1c(C(=O)Nc2ccc(Cl)c(Cl)c2)noc1C. The van der Waals surface area contributed by atoms with E-state index in [1.54, 1.807) is 44.4 Å². The average molecular weight is 407 g/mol. The Balaban J connectivity index is 1.77. The van der Waals surface area contributed by atoms with Crippen LogP contribution in [-0.2, 0) is 6.61 Å². The highest BCUT2D eigenvalue weighted by molar-refractivity contribution is 6.42. The molecular weight excluding hydrogens is 391 g/mol. The molecular formula is C19H16Cl2N2O4. The molecule has 0 bridgehead atoms. The van der Waals surface area contributed by atoms with Gasteiger partial charge < -0.3 is 19.3 Å². The van der Waals surface area contributed by atoms with Gasteiger partial charge in [-0.1, -0.05) is 40.5 Å². The minimum absolute atomic E-state index is 0.0971. The van der Waals surface area contributed by atoms with Crippen molar-refractivity contribution in [3.63, 3.8) is 0 Å². The highest BCUT2D eigenvalue weighted by Crippen LogP contribution is 2.28. The third-order valence-corrected chi connectivity index (χ3v) is 4.56. The van der Waals surface area contributed by atoms with E-state index in [-0.39, 0.29) is 12.3 Å². The van der Waals surface area contributed by atoms with Crippen molar-refractivity contribution < 1.29 is 18.8 Å². The quantitative estimate of drug-likeness (QED) is 0.613. The zero-order valence-corrected chi connectivity index (χ0v) is 16.1. The van der Waals surface area contributed by atoms with E-state index >= 15 is 0 Å². The molecule has 0 saturated heterocycles. The number of carbonyl (C=O) groups excluding carboxylic acids is 1. The molecule has 2 aromatic carbocycles. The molecule has 0 fully saturated rings. The zero-order chi connectivity index (χ0) is 19.4. The zero-order valence-electron chi connectivity index (χ0n) is 14.6. The van der Waals surface area contributed by atoms with Gasteiger partial charge in [-0.05, 0) is 37.3 Å². The summed E-state index contributed by atoms with van der Waals surface area (Å²) in [6.45, 7) is 1.81. The van der Waals surface area contributed by atoms with Gasteiger partial charge in [0.25, 0.3) is 5.91 Å². The molecule has 1 aromatic heterocycles. The number of rotatable bonds is 6. The molecule has 0 spiro atoms. The van der Waals surface area contributed by atoms with E-state index in [0.29, 0.717) is 38.6 Å². The van der Waals surface area contributed by atoms with Crippen LogP contribution in [0.25, 0.3) is 0 Å². The Labute approximate surface area is 166 Å². The molecule has 27 heavy (non-hydrogen) atoms. The van der Waals surface area contributed by atoms with Crippen LogP contribution in [0.4, 0.5) is 5.69 Å². The molecule has 3 aromatic rings. The molecule has 6 nitrogen and oxygen atoms in total. The standard InChI is InChI=1S/C19H16Cl2N2O4/c1-11-13(10-26-17-6-4-3-5-16(17)25-2)18(23-27-11)19(24)22-12-7-8-14(20)15(21)9-12/h3-9H,10H2,1-2H3,(H,22,24). The van der Waals surface area contributed by atoms with E-state index in [1.807, 2.05) is 12.1 Å². The molecule has 0 saturated carbocycles. The first-order chi connectivity index (χ1) is 13.0. The van der Waals surface area contributed by atoms with Gasteiger partial charge in [-0.25, -0.2) is 0 Å². The number of nitrogens with one attached hydrogen (secondary N) is 1. The van der Waals surface area contributed by atoms with Crippen molar-refractivity contribution in [3.8, 4) is 11.5 Å². The van der Waals surface area contributed by atoms with Crippen molar-refractivity contribution in [1.82, 2.24) is 5.16 Å². The molecule has 1 N–H and O–H groups in total. The van der Waals surface area contributed by atoms with Crippen LogP contribution >= 0.6 is 23.2 Å². The summed E-state index contributed by atoms with van der Waals surface area (Å²) in [6, 6.07) is 12.0. The molecule has 1 heterocycles. The molecule has 0 atom stereocenters. The van der Waals surface area contributed by atoms with Gasteiger partial charge >= 0.3 is 0 Å². The normalized spacial score (nSPS) is 10.5. The largest absolute Gasteiger partial charge is 0.493 e. The van der Waals surface area contributed by atoms with Crippen LogP contribution in [0.2, 0.25) is 10.0 Å². The van der Waals surface area contributed by atoms with Crippen molar-refractivity contribution in [3.05, 3.63) is 69.5 Å². The van der Waals surface area contributed by atoms with Gasteiger partial charge in [0.15, 0.2) is 17.2 Å². The van der Waals surface area contributed by atoms with Crippen LogP contribution in [-0.4, -0.2) is 18.2 Å². The van der Waals surface area contributed by atoms with Gasteiger partial charge in [0, 0.05) is 5.69 Å². The van der Waals surface area contributed by atoms with E-state index in [9.17, 15) is 4.79 Å². The first kappa shape index (κ1) is 19.1. The van der Waals surface area contributed by atoms with Crippen molar-refractivity contribution in [2.75, 3.05) is 12.4 Å². The van der Waals surface area contributed by atoms with E-state index in [2.05, 4.69) is 10.5 Å². The molecule has 140 valence electrons. The van der Waals surface area contributed by atoms with Crippen molar-refractivity contribution in [2.24, 2.45) is 0 Å². The van der Waals surface area contributed by atoms with Crippen LogP contribution in [0, 0.1) is 6.92 Å². The fourth-order valence-corrected chi connectivity index (χ4v) is 2.69. The maximum atomic E-state index is 12.6. The number of para-hydroxylation sites is 2. The van der Waals surface area contributed by atoms with Crippen molar-refractivity contribution in [2.45, 2.75) is 13.5 Å². The minimum Gasteiger partial charge on any atom is -0.493 e. The summed E-state index contributed by atoms with van der Waals surface area (Å²) in [5.41, 5.74) is 1.17. The third kappa shape index (κ3) is 4.35. The van der Waals surface area contributed by atoms with Crippen LogP contribution in [0.1, 0.15) is 21.8 Å². The summed E-state index contributed by atoms with van der Waals surface area (Å²) in [5.74, 6) is 1.19. The number of hydrogen-bond acceptors (Lipinski definition) is 5. The van der Waals surface area contributed by atoms with E-state index in [4.69, 9.17) is 37.2 Å². The Morgan fingerprint density at radius 1 is 1.15 bits per heavy atom. The first-order valence-corrected chi connectivity index (χ1v) is 8.72. The first-order valence-electron chi connectivity index (χ1n) is 7.97. The molecule has 0 aliphatic heterocycles. The number of carbonyl (C=O) groups is 1. The lowest BCUT2D eigenvalue weighted by atomic mass is 10.2. The lowest BCUT2D eigenvalue weighted by Crippen LogP contribution is -2.15. The Kier molecular flexibility index (Phi) is 5.88. The number of nitrogens with zero attached hydrogens (tertiary/aromatic N) is 1. The predicted molar refractivity (Wildman–Crippen MR) is 103 cm³/mol. The maximum absolute atomic E-state index is 12.6. The number of aromatic nitrogens is 1. The van der Waals surface area contributed by atoms with Gasteiger partial charge in [-0.3, -0.25) is 4.79 Å². The van der Waals surface area contributed by atoms with Gasteiger partial charge in [0.1, 0.15) is 12.4 Å². The summed E-state index contributed by atoms with van der Waals surface area (Å²) in [7, 11) is 1.56. The second-order valence-electron chi connectivity index (χ2n) is 5.59. The van der Waals surface area contributed by atoms with Gasteiger partial charge in [0.2, 0.25) is 0 Å². The number of halogens is 2. The van der Waals surface area contributed by atoms with Gasteiger partial charge in [-0.15, -0.1) is 0 Å². The van der Waals surface area contributed by atoms with Gasteiger partial charge in [0.05, 0.1) is 22.7 Å². The Morgan fingerprint density at radius 2 is 1.89 bits per heavy atom. The number of methoxy groups -OCH3 is 1. The Morgan fingerprint density at radius 3 is 2.59 bits per heavy atom. The number of hydrogen-bond donors (Lipinski definition) is 1. The highest BCUT2D eigenvalue weighted by Gasteiger charge is 2.21. The smallest absolute Gasteiger partial charge is 0.278 e. The second kappa shape index (κ2) is 8.33. The van der Waals surface area contributed by atoms with E-state index in [1.165, 1.54) is 0 Å². The number of anilines is 1. The number of ether oxygens (including phenoxy) is 2. The summed E-state index contributed by atoms with van der Waals surface area (Å²) < 4.78 is 16.2. The number of benzene rings is 2. The minimum atomic E-state index is -0.441. The van der Waals surface area contributed by atoms with Crippen LogP contribution < -0.4 is 14.8 Å². The van der Waals surface area contributed by atoms with Gasteiger partial charge in [-0.2, -0.15) is 0 Å². The Bertz CT molecular complexity index is 972. The van der Waals surface area contributed by atoms with E-state index < -0.39 is 5.91 Å². The summed E-state index contributed by atoms with van der Waals surface area (Å²) >= 11 is 11.9. The summed E-state index contributed by atoms with van der Waals surface area (Å²) in [5, 5.41) is 7.30. The molecule has 8 heteroatoms. The average Bonchev–Trinajstić information content (AvgIpc) is 3.04. The van der Waals surface area contributed by atoms with Crippen molar-refractivity contribution >= 4 is 34.8 Å². The van der Waals surface area contributed by atoms with Crippen LogP contribution in [0.3, 0.4) is 0 Å². The predicted octanol–water partition coefficient (Wildman–Crippen LogP) is 5.13. The molecule has 1 amide bonds. The molecule has 0 aliphatic rings. The summed E-state index contributed by atoms with van der Waals surface area (Å²) in [4.78, 5) is 12.6. The molecule has 3 rings (SSSR count). The van der Waals surface area contributed by atoms with Crippen LogP contribution in [0.15, 0.2) is 47.0 Å². The number of amides is 1. The van der Waals surface area contributed by atoms with E-state index in [0.717, 1.165) is 0 Å². The molecule has 0 aliphatic carbocycles. The second-order valence-corrected chi connectivity index (χ2v) is 6.40. The highest BCUT2D eigenvalue weighted by atomic mass is 35.5. The molecule has 0 unspecified atom stereocenters. The number of aryl methyl sites for hydroxylation is 1. The summed E-state index contributed by atoms with van der Waals surface area (Å²) in [6.07, 6.45) is 0. The van der Waals surface area contributed by atoms with Crippen molar-refractivity contribution in [1.29, 1.82) is 0 Å². The molecule has 0 radical (unpaired) electrons. The third-order valence-electron chi connectivity index (χ3n) is 3.82. The topological polar surface area (TPSA) is 73.6 Å². The lowest BCUT2D eigenvalue weighted by molar-refractivity contribution is 0.101. The maximum Gasteiger partial charge on any atom is 0.278 e. The Hall–Kier alpha value is -2.70. The fourth-order valence-electron chi connectivity index (χ4n) is 2.39. The lowest BCUT2D eigenvalue weighted by Gasteiger charge is -2.10. The van der Waals surface area contributed by atoms with Crippen LogP contribution in [0.5, 0.6) is 11.5 Å². The fraction of sp³-hybridized carbons (Fsp3) is 0.158. The monoisotopic (exact) mass is 406 g/mol.